The lowest BCUT2D eigenvalue weighted by molar-refractivity contribution is -0.143. The topological polar surface area (TPSA) is 53.1 Å². The molecule has 0 aliphatic carbocycles. The molecule has 0 aromatic heterocycles. The predicted octanol–water partition coefficient (Wildman–Crippen LogP) is 0.973. The van der Waals surface area contributed by atoms with Crippen molar-refractivity contribution in [1.82, 2.24) is 9.80 Å². The Bertz CT molecular complexity index is 570. The van der Waals surface area contributed by atoms with E-state index in [0.717, 1.165) is 31.6 Å². The Labute approximate surface area is 143 Å². The van der Waals surface area contributed by atoms with E-state index in [-0.39, 0.29) is 31.1 Å². The fourth-order valence-corrected chi connectivity index (χ4v) is 3.20. The molecule has 0 saturated carbocycles. The second kappa shape index (κ2) is 7.77. The molecular weight excluding hydrogens is 306 g/mol. The molecule has 0 radical (unpaired) electrons. The third-order valence-electron chi connectivity index (χ3n) is 4.75. The number of hydrogen-bond donors (Lipinski definition) is 0. The van der Waals surface area contributed by atoms with Crippen molar-refractivity contribution < 1.29 is 14.3 Å². The Morgan fingerprint density at radius 2 is 1.83 bits per heavy atom. The van der Waals surface area contributed by atoms with Gasteiger partial charge in [-0.2, -0.15) is 0 Å². The maximum atomic E-state index is 12.3. The molecule has 24 heavy (non-hydrogen) atoms. The minimum absolute atomic E-state index is 0.0416. The molecule has 0 atom stereocenters. The van der Waals surface area contributed by atoms with Gasteiger partial charge in [0.05, 0.1) is 6.10 Å². The zero-order valence-electron chi connectivity index (χ0n) is 14.2. The van der Waals surface area contributed by atoms with Gasteiger partial charge in [-0.25, -0.2) is 0 Å². The van der Waals surface area contributed by atoms with Gasteiger partial charge in [0.25, 0.3) is 0 Å². The van der Waals surface area contributed by atoms with Gasteiger partial charge in [0.1, 0.15) is 13.2 Å². The Morgan fingerprint density at radius 1 is 1.12 bits per heavy atom. The number of carbonyl (C=O) groups excluding carboxylic acids is 2. The fourth-order valence-electron chi connectivity index (χ4n) is 3.20. The highest BCUT2D eigenvalue weighted by Crippen LogP contribution is 2.17. The zero-order valence-corrected chi connectivity index (χ0v) is 14.2. The van der Waals surface area contributed by atoms with Crippen LogP contribution in [-0.2, 0) is 14.3 Å². The van der Waals surface area contributed by atoms with Crippen molar-refractivity contribution in [2.75, 3.05) is 51.3 Å². The highest BCUT2D eigenvalue weighted by atomic mass is 16.5. The van der Waals surface area contributed by atoms with Crippen LogP contribution < -0.4 is 4.90 Å². The molecule has 2 aliphatic heterocycles. The Hall–Kier alpha value is -1.92. The van der Waals surface area contributed by atoms with Crippen molar-refractivity contribution in [3.63, 3.8) is 0 Å². The molecule has 3 rings (SSSR count). The van der Waals surface area contributed by atoms with E-state index in [1.54, 1.807) is 9.80 Å². The molecular formula is C18H25N3O3. The van der Waals surface area contributed by atoms with Crippen LogP contribution in [0.5, 0.6) is 0 Å². The van der Waals surface area contributed by atoms with Crippen LogP contribution in [0.25, 0.3) is 0 Å². The molecule has 0 unspecified atom stereocenters. The number of rotatable bonds is 4. The maximum absolute atomic E-state index is 12.3. The summed E-state index contributed by atoms with van der Waals surface area (Å²) in [5.74, 6) is -0.130. The lowest BCUT2D eigenvalue weighted by atomic mass is 10.1. The average Bonchev–Trinajstić information content (AvgIpc) is 2.61. The summed E-state index contributed by atoms with van der Waals surface area (Å²) in [6.07, 6.45) is 2.08. The van der Waals surface area contributed by atoms with Crippen molar-refractivity contribution in [2.45, 2.75) is 18.9 Å². The molecule has 130 valence electrons. The van der Waals surface area contributed by atoms with Crippen LogP contribution in [0.2, 0.25) is 0 Å². The van der Waals surface area contributed by atoms with E-state index >= 15 is 0 Å². The number of carbonyl (C=O) groups is 2. The minimum Gasteiger partial charge on any atom is -0.368 e. The Kier molecular flexibility index (Phi) is 5.48. The number of likely N-dealkylation sites (tertiary alicyclic amines) is 1. The van der Waals surface area contributed by atoms with E-state index in [1.165, 1.54) is 0 Å². The van der Waals surface area contributed by atoms with Crippen LogP contribution in [0.15, 0.2) is 30.3 Å². The van der Waals surface area contributed by atoms with Gasteiger partial charge in [0.15, 0.2) is 0 Å². The summed E-state index contributed by atoms with van der Waals surface area (Å²) in [5.41, 5.74) is 0.886. The van der Waals surface area contributed by atoms with Gasteiger partial charge < -0.3 is 19.4 Å². The number of nitrogens with zero attached hydrogens (tertiary/aromatic N) is 3. The first-order valence-corrected chi connectivity index (χ1v) is 8.57. The van der Waals surface area contributed by atoms with Gasteiger partial charge in [-0.3, -0.25) is 9.59 Å². The SMILES string of the molecule is CN1CCC(OCC(=O)N2CCN(c3ccccc3)C(=O)C2)CC1. The van der Waals surface area contributed by atoms with Crippen LogP contribution in [-0.4, -0.2) is 74.1 Å². The van der Waals surface area contributed by atoms with Gasteiger partial charge >= 0.3 is 0 Å². The Morgan fingerprint density at radius 3 is 2.50 bits per heavy atom. The van der Waals surface area contributed by atoms with Crippen LogP contribution in [0.1, 0.15) is 12.8 Å². The van der Waals surface area contributed by atoms with E-state index in [2.05, 4.69) is 11.9 Å². The van der Waals surface area contributed by atoms with Crippen molar-refractivity contribution in [1.29, 1.82) is 0 Å². The molecule has 1 aromatic rings. The number of benzene rings is 1. The predicted molar refractivity (Wildman–Crippen MR) is 91.8 cm³/mol. The lowest BCUT2D eigenvalue weighted by Crippen LogP contribution is -2.53. The van der Waals surface area contributed by atoms with Gasteiger partial charge in [-0.1, -0.05) is 18.2 Å². The molecule has 2 aliphatic rings. The number of para-hydroxylation sites is 1. The lowest BCUT2D eigenvalue weighted by Gasteiger charge is -2.35. The van der Waals surface area contributed by atoms with Crippen molar-refractivity contribution in [3.05, 3.63) is 30.3 Å². The molecule has 1 aromatic carbocycles. The molecule has 0 bridgehead atoms. The van der Waals surface area contributed by atoms with Gasteiger partial charge in [0, 0.05) is 31.9 Å². The number of anilines is 1. The van der Waals surface area contributed by atoms with E-state index < -0.39 is 0 Å². The first-order chi connectivity index (χ1) is 11.6. The van der Waals surface area contributed by atoms with Crippen molar-refractivity contribution >= 4 is 17.5 Å². The highest BCUT2D eigenvalue weighted by Gasteiger charge is 2.28. The quantitative estimate of drug-likeness (QED) is 0.825. The average molecular weight is 331 g/mol. The maximum Gasteiger partial charge on any atom is 0.249 e. The molecule has 2 fully saturated rings. The smallest absolute Gasteiger partial charge is 0.249 e. The molecule has 0 spiro atoms. The molecule has 2 saturated heterocycles. The summed E-state index contributed by atoms with van der Waals surface area (Å²) in [7, 11) is 2.10. The first kappa shape index (κ1) is 16.9. The largest absolute Gasteiger partial charge is 0.368 e. The van der Waals surface area contributed by atoms with Crippen LogP contribution >= 0.6 is 0 Å². The summed E-state index contributed by atoms with van der Waals surface area (Å²) in [4.78, 5) is 30.3. The van der Waals surface area contributed by atoms with Crippen molar-refractivity contribution in [3.8, 4) is 0 Å². The first-order valence-electron chi connectivity index (χ1n) is 8.57. The normalized spacial score (nSPS) is 20.5. The standard InChI is InChI=1S/C18H25N3O3/c1-19-9-7-16(8-10-19)24-14-18(23)20-11-12-21(17(22)13-20)15-5-3-2-4-6-15/h2-6,16H,7-14H2,1H3. The number of piperidine rings is 1. The second-order valence-electron chi connectivity index (χ2n) is 6.51. The number of piperazine rings is 1. The molecule has 6 nitrogen and oxygen atoms in total. The summed E-state index contributed by atoms with van der Waals surface area (Å²) >= 11 is 0. The highest BCUT2D eigenvalue weighted by molar-refractivity contribution is 5.98. The zero-order chi connectivity index (χ0) is 16.9. The van der Waals surface area contributed by atoms with E-state index in [1.807, 2.05) is 30.3 Å². The monoisotopic (exact) mass is 331 g/mol. The van der Waals surface area contributed by atoms with Crippen LogP contribution in [0, 0.1) is 0 Å². The summed E-state index contributed by atoms with van der Waals surface area (Å²) in [6, 6.07) is 9.58. The molecule has 0 N–H and O–H groups in total. The Balaban J connectivity index is 1.47. The molecule has 6 heteroatoms. The third-order valence-corrected chi connectivity index (χ3v) is 4.75. The fraction of sp³-hybridized carbons (Fsp3) is 0.556. The number of amides is 2. The van der Waals surface area contributed by atoms with Crippen LogP contribution in [0.4, 0.5) is 5.69 Å². The second-order valence-corrected chi connectivity index (χ2v) is 6.51. The third kappa shape index (κ3) is 4.13. The van der Waals surface area contributed by atoms with E-state index in [9.17, 15) is 9.59 Å². The summed E-state index contributed by atoms with van der Waals surface area (Å²) in [6.45, 7) is 3.30. The van der Waals surface area contributed by atoms with E-state index in [4.69, 9.17) is 4.74 Å². The van der Waals surface area contributed by atoms with E-state index in [0.29, 0.717) is 13.1 Å². The summed E-state index contributed by atoms with van der Waals surface area (Å²) < 4.78 is 5.75. The minimum atomic E-state index is -0.0880. The van der Waals surface area contributed by atoms with Crippen molar-refractivity contribution in [2.24, 2.45) is 0 Å². The van der Waals surface area contributed by atoms with Gasteiger partial charge in [-0.05, 0) is 32.0 Å². The molecule has 2 heterocycles. The van der Waals surface area contributed by atoms with Gasteiger partial charge in [0.2, 0.25) is 11.8 Å². The van der Waals surface area contributed by atoms with Crippen LogP contribution in [0.3, 0.4) is 0 Å². The molecule has 2 amide bonds. The number of ether oxygens (including phenoxy) is 1. The number of hydrogen-bond acceptors (Lipinski definition) is 4. The van der Waals surface area contributed by atoms with Gasteiger partial charge in [-0.15, -0.1) is 0 Å². The summed E-state index contributed by atoms with van der Waals surface area (Å²) in [5, 5.41) is 0.